The Balaban J connectivity index is 1.90. The number of allylic oxidation sites excluding steroid dienone is 2. The highest BCUT2D eigenvalue weighted by Crippen LogP contribution is 2.37. The molecule has 4 heterocycles. The highest BCUT2D eigenvalue weighted by atomic mass is 32.1. The van der Waals surface area contributed by atoms with Gasteiger partial charge in [-0.1, -0.05) is 12.7 Å². The second kappa shape index (κ2) is 7.09. The Morgan fingerprint density at radius 3 is 2.93 bits per heavy atom. The van der Waals surface area contributed by atoms with Crippen molar-refractivity contribution in [1.82, 2.24) is 15.0 Å². The molecule has 0 amide bonds. The number of hydrogen-bond acceptors (Lipinski definition) is 6. The van der Waals surface area contributed by atoms with Crippen LogP contribution < -0.4 is 0 Å². The summed E-state index contributed by atoms with van der Waals surface area (Å²) in [7, 11) is 0. The normalized spacial score (nSPS) is 11.7. The molecule has 5 nitrogen and oxygen atoms in total. The standard InChI is InChI=1S/C21H16N4OS/c1-4-6-16(22-3)18-19-14(8-10-26-19)11-17(25-18)20-13(2)24-21(27-20)15-7-5-9-23-12-15/h4-12H,1,3H2,2H3/b16-6-. The summed E-state index contributed by atoms with van der Waals surface area (Å²) in [5.41, 5.74) is 4.65. The van der Waals surface area contributed by atoms with Crippen molar-refractivity contribution in [3.63, 3.8) is 0 Å². The summed E-state index contributed by atoms with van der Waals surface area (Å²) in [5, 5.41) is 1.86. The van der Waals surface area contributed by atoms with Crippen LogP contribution in [0.4, 0.5) is 0 Å². The van der Waals surface area contributed by atoms with Gasteiger partial charge < -0.3 is 4.42 Å². The molecule has 27 heavy (non-hydrogen) atoms. The number of fused-ring (bicyclic) bond motifs is 1. The second-order valence-electron chi connectivity index (χ2n) is 5.82. The minimum absolute atomic E-state index is 0.612. The summed E-state index contributed by atoms with van der Waals surface area (Å²) >= 11 is 1.59. The van der Waals surface area contributed by atoms with Crippen molar-refractivity contribution in [1.29, 1.82) is 0 Å². The molecule has 0 aliphatic rings. The fourth-order valence-corrected chi connectivity index (χ4v) is 3.85. The van der Waals surface area contributed by atoms with E-state index in [1.54, 1.807) is 35.9 Å². The number of nitrogens with zero attached hydrogens (tertiary/aromatic N) is 4. The van der Waals surface area contributed by atoms with Gasteiger partial charge in [0.1, 0.15) is 10.7 Å². The molecule has 0 radical (unpaired) electrons. The first kappa shape index (κ1) is 17.1. The maximum absolute atomic E-state index is 5.63. The molecule has 0 aliphatic heterocycles. The topological polar surface area (TPSA) is 64.2 Å². The number of pyridine rings is 2. The van der Waals surface area contributed by atoms with Gasteiger partial charge in [-0.2, -0.15) is 0 Å². The summed E-state index contributed by atoms with van der Waals surface area (Å²) in [4.78, 5) is 18.8. The van der Waals surface area contributed by atoms with Gasteiger partial charge >= 0.3 is 0 Å². The molecule has 132 valence electrons. The van der Waals surface area contributed by atoms with Crippen LogP contribution in [0.3, 0.4) is 0 Å². The van der Waals surface area contributed by atoms with Crippen molar-refractivity contribution in [3.8, 4) is 21.1 Å². The predicted molar refractivity (Wildman–Crippen MR) is 111 cm³/mol. The highest BCUT2D eigenvalue weighted by molar-refractivity contribution is 7.18. The number of aliphatic imine (C=N–C) groups is 1. The Morgan fingerprint density at radius 2 is 2.19 bits per heavy atom. The molecule has 0 saturated carbocycles. The number of hydrogen-bond donors (Lipinski definition) is 0. The van der Waals surface area contributed by atoms with E-state index in [1.165, 1.54) is 0 Å². The molecule has 0 atom stereocenters. The molecular weight excluding hydrogens is 356 g/mol. The number of rotatable bonds is 5. The van der Waals surface area contributed by atoms with Gasteiger partial charge in [0.15, 0.2) is 5.58 Å². The Morgan fingerprint density at radius 1 is 1.30 bits per heavy atom. The lowest BCUT2D eigenvalue weighted by Crippen LogP contribution is -1.92. The van der Waals surface area contributed by atoms with E-state index in [0.29, 0.717) is 17.0 Å². The summed E-state index contributed by atoms with van der Waals surface area (Å²) in [6.07, 6.45) is 8.64. The van der Waals surface area contributed by atoms with Gasteiger partial charge in [-0.15, -0.1) is 11.3 Å². The van der Waals surface area contributed by atoms with Crippen LogP contribution in [0.5, 0.6) is 0 Å². The van der Waals surface area contributed by atoms with Gasteiger partial charge in [-0.05, 0) is 44.0 Å². The first-order valence-electron chi connectivity index (χ1n) is 8.27. The molecule has 6 heteroatoms. The zero-order valence-electron chi connectivity index (χ0n) is 14.7. The average molecular weight is 372 g/mol. The van der Waals surface area contributed by atoms with Gasteiger partial charge in [-0.25, -0.2) is 9.97 Å². The van der Waals surface area contributed by atoms with Crippen LogP contribution in [0.2, 0.25) is 0 Å². The maximum atomic E-state index is 5.63. The van der Waals surface area contributed by atoms with Crippen LogP contribution in [0.25, 0.3) is 37.8 Å². The molecule has 0 saturated heterocycles. The summed E-state index contributed by atoms with van der Waals surface area (Å²) in [6.45, 7) is 9.37. The molecule has 0 spiro atoms. The largest absolute Gasteiger partial charge is 0.462 e. The van der Waals surface area contributed by atoms with E-state index in [-0.39, 0.29) is 0 Å². The van der Waals surface area contributed by atoms with Gasteiger partial charge in [0, 0.05) is 23.3 Å². The third-order valence-corrected chi connectivity index (χ3v) is 5.29. The van der Waals surface area contributed by atoms with E-state index < -0.39 is 0 Å². The number of furan rings is 1. The van der Waals surface area contributed by atoms with E-state index in [1.807, 2.05) is 37.4 Å². The van der Waals surface area contributed by atoms with E-state index in [2.05, 4.69) is 23.3 Å². The lowest BCUT2D eigenvalue weighted by atomic mass is 10.1. The van der Waals surface area contributed by atoms with Gasteiger partial charge in [0.25, 0.3) is 0 Å². The molecule has 0 N–H and O–H groups in total. The van der Waals surface area contributed by atoms with Gasteiger partial charge in [0.2, 0.25) is 0 Å². The molecule has 0 aromatic carbocycles. The van der Waals surface area contributed by atoms with Crippen molar-refractivity contribution in [2.24, 2.45) is 4.99 Å². The Labute approximate surface area is 160 Å². The fourth-order valence-electron chi connectivity index (χ4n) is 2.83. The Bertz CT molecular complexity index is 1170. The van der Waals surface area contributed by atoms with Crippen LogP contribution in [-0.2, 0) is 0 Å². The minimum atomic E-state index is 0.612. The highest BCUT2D eigenvalue weighted by Gasteiger charge is 2.17. The van der Waals surface area contributed by atoms with Crippen molar-refractivity contribution >= 4 is 34.7 Å². The van der Waals surface area contributed by atoms with E-state index in [0.717, 1.165) is 32.2 Å². The molecule has 4 aromatic heterocycles. The zero-order chi connectivity index (χ0) is 18.8. The number of aromatic nitrogens is 3. The molecule has 4 aromatic rings. The van der Waals surface area contributed by atoms with Gasteiger partial charge in [0.05, 0.1) is 28.2 Å². The van der Waals surface area contributed by atoms with Crippen LogP contribution in [0.15, 0.2) is 71.1 Å². The van der Waals surface area contributed by atoms with E-state index >= 15 is 0 Å². The van der Waals surface area contributed by atoms with Crippen LogP contribution >= 0.6 is 11.3 Å². The summed E-state index contributed by atoms with van der Waals surface area (Å²) in [6, 6.07) is 7.82. The second-order valence-corrected chi connectivity index (χ2v) is 6.82. The van der Waals surface area contributed by atoms with Crippen molar-refractivity contribution in [3.05, 3.63) is 73.0 Å². The molecule has 0 aliphatic carbocycles. The molecule has 0 bridgehead atoms. The van der Waals surface area contributed by atoms with Crippen LogP contribution in [-0.4, -0.2) is 21.7 Å². The summed E-state index contributed by atoms with van der Waals surface area (Å²) < 4.78 is 5.63. The number of aryl methyl sites for hydroxylation is 1. The lowest BCUT2D eigenvalue weighted by Gasteiger charge is -2.05. The Hall–Kier alpha value is -3.38. The Kier molecular flexibility index (Phi) is 4.48. The van der Waals surface area contributed by atoms with E-state index in [4.69, 9.17) is 14.4 Å². The van der Waals surface area contributed by atoms with Crippen LogP contribution in [0.1, 0.15) is 11.4 Å². The molecular formula is C21H16N4OS. The van der Waals surface area contributed by atoms with Crippen molar-refractivity contribution in [2.45, 2.75) is 6.92 Å². The van der Waals surface area contributed by atoms with Gasteiger partial charge in [-0.3, -0.25) is 9.98 Å². The lowest BCUT2D eigenvalue weighted by molar-refractivity contribution is 0.613. The third-order valence-electron chi connectivity index (χ3n) is 4.06. The SMILES string of the molecule is C=C/C=C(\N=C)c1nc(-c2sc(-c3cccnc3)nc2C)cc2ccoc12. The molecule has 4 rings (SSSR count). The van der Waals surface area contributed by atoms with E-state index in [9.17, 15) is 0 Å². The first-order valence-corrected chi connectivity index (χ1v) is 9.09. The zero-order valence-corrected chi connectivity index (χ0v) is 15.5. The third kappa shape index (κ3) is 3.11. The molecule has 0 unspecified atom stereocenters. The predicted octanol–water partition coefficient (Wildman–Crippen LogP) is 5.55. The quantitative estimate of drug-likeness (QED) is 0.340. The van der Waals surface area contributed by atoms with Crippen LogP contribution in [0, 0.1) is 6.92 Å². The average Bonchev–Trinajstić information content (AvgIpc) is 3.32. The smallest absolute Gasteiger partial charge is 0.161 e. The monoisotopic (exact) mass is 372 g/mol. The minimum Gasteiger partial charge on any atom is -0.462 e. The molecule has 0 fully saturated rings. The fraction of sp³-hybridized carbons (Fsp3) is 0.0476. The maximum Gasteiger partial charge on any atom is 0.161 e. The van der Waals surface area contributed by atoms with Crippen molar-refractivity contribution < 1.29 is 4.42 Å². The number of thiazole rings is 1. The van der Waals surface area contributed by atoms with Crippen molar-refractivity contribution in [2.75, 3.05) is 0 Å². The first-order chi connectivity index (χ1) is 13.2. The summed E-state index contributed by atoms with van der Waals surface area (Å²) in [5.74, 6) is 0.